The Bertz CT molecular complexity index is 925. The third-order valence-electron chi connectivity index (χ3n) is 4.00. The summed E-state index contributed by atoms with van der Waals surface area (Å²) in [6, 6.07) is 12.2. The molecule has 0 aromatic heterocycles. The Balaban J connectivity index is 2.33. The van der Waals surface area contributed by atoms with Gasteiger partial charge in [0.25, 0.3) is 11.8 Å². The number of hydrogen-bond acceptors (Lipinski definition) is 3. The van der Waals surface area contributed by atoms with Crippen molar-refractivity contribution in [3.8, 4) is 0 Å². The highest BCUT2D eigenvalue weighted by atomic mass is 79.9. The third-order valence-corrected chi connectivity index (χ3v) is 4.78. The van der Waals surface area contributed by atoms with Gasteiger partial charge in [-0.3, -0.25) is 9.59 Å². The first-order chi connectivity index (χ1) is 13.7. The number of benzene rings is 2. The van der Waals surface area contributed by atoms with Crippen molar-refractivity contribution in [2.75, 3.05) is 0 Å². The highest BCUT2D eigenvalue weighted by Crippen LogP contribution is 2.14. The van der Waals surface area contributed by atoms with Crippen LogP contribution < -0.4 is 10.6 Å². The minimum absolute atomic E-state index is 0.0767. The molecular formula is C21H20BrClN2O4. The van der Waals surface area contributed by atoms with E-state index in [0.29, 0.717) is 16.1 Å². The van der Waals surface area contributed by atoms with Gasteiger partial charge in [0.05, 0.1) is 0 Å². The maximum absolute atomic E-state index is 12.8. The fourth-order valence-corrected chi connectivity index (χ4v) is 2.80. The maximum Gasteiger partial charge on any atom is 0.326 e. The number of nitrogens with one attached hydrogen (secondary N) is 2. The van der Waals surface area contributed by atoms with E-state index >= 15 is 0 Å². The molecule has 0 aliphatic heterocycles. The van der Waals surface area contributed by atoms with Gasteiger partial charge in [0.15, 0.2) is 0 Å². The summed E-state index contributed by atoms with van der Waals surface area (Å²) in [5.74, 6) is -2.69. The summed E-state index contributed by atoms with van der Waals surface area (Å²) in [6.07, 6.45) is 1.46. The molecule has 0 saturated carbocycles. The second-order valence-corrected chi connectivity index (χ2v) is 7.96. The molecule has 0 spiro atoms. The van der Waals surface area contributed by atoms with E-state index in [4.69, 9.17) is 11.6 Å². The summed E-state index contributed by atoms with van der Waals surface area (Å²) in [5, 5.41) is 14.9. The lowest BCUT2D eigenvalue weighted by Gasteiger charge is -2.19. The first-order valence-corrected chi connectivity index (χ1v) is 9.92. The summed E-state index contributed by atoms with van der Waals surface area (Å²) in [5.41, 5.74) is 0.890. The zero-order valence-electron chi connectivity index (χ0n) is 15.8. The van der Waals surface area contributed by atoms with Gasteiger partial charge in [-0.15, -0.1) is 0 Å². The quantitative estimate of drug-likeness (QED) is 0.521. The predicted molar refractivity (Wildman–Crippen MR) is 115 cm³/mol. The Morgan fingerprint density at radius 3 is 2.14 bits per heavy atom. The molecular weight excluding hydrogens is 460 g/mol. The number of carboxylic acid groups (broad SMARTS) is 1. The summed E-state index contributed by atoms with van der Waals surface area (Å²) in [6.45, 7) is 3.37. The van der Waals surface area contributed by atoms with E-state index in [1.54, 1.807) is 62.4 Å². The van der Waals surface area contributed by atoms with Gasteiger partial charge in [-0.1, -0.05) is 53.5 Å². The summed E-state index contributed by atoms with van der Waals surface area (Å²) >= 11 is 9.19. The molecule has 2 aromatic rings. The van der Waals surface area contributed by atoms with Crippen molar-refractivity contribution in [2.45, 2.75) is 19.9 Å². The summed E-state index contributed by atoms with van der Waals surface area (Å²) in [7, 11) is 0. The number of carbonyl (C=O) groups excluding carboxylic acids is 2. The normalized spacial score (nSPS) is 12.4. The van der Waals surface area contributed by atoms with Crippen molar-refractivity contribution in [1.29, 1.82) is 0 Å². The average molecular weight is 480 g/mol. The minimum Gasteiger partial charge on any atom is -0.480 e. The SMILES string of the molecule is CC(C)[C@H](NC(=O)/C(=C/c1ccc(Cl)cc1)NC(=O)c1ccc(Br)cc1)C(=O)O. The molecule has 3 N–H and O–H groups in total. The molecule has 0 heterocycles. The zero-order chi connectivity index (χ0) is 21.6. The van der Waals surface area contributed by atoms with Crippen LogP contribution in [-0.2, 0) is 9.59 Å². The summed E-state index contributed by atoms with van der Waals surface area (Å²) in [4.78, 5) is 36.8. The largest absolute Gasteiger partial charge is 0.480 e. The molecule has 2 amide bonds. The highest BCUT2D eigenvalue weighted by Gasteiger charge is 2.25. The summed E-state index contributed by atoms with van der Waals surface area (Å²) < 4.78 is 0.810. The van der Waals surface area contributed by atoms with E-state index in [1.165, 1.54) is 6.08 Å². The minimum atomic E-state index is -1.15. The fourth-order valence-electron chi connectivity index (χ4n) is 2.41. The Labute approximate surface area is 182 Å². The van der Waals surface area contributed by atoms with Gasteiger partial charge in [0.1, 0.15) is 11.7 Å². The van der Waals surface area contributed by atoms with Gasteiger partial charge in [0.2, 0.25) is 0 Å². The van der Waals surface area contributed by atoms with Crippen molar-refractivity contribution in [1.82, 2.24) is 10.6 Å². The third kappa shape index (κ3) is 6.73. The number of carboxylic acids is 1. The van der Waals surface area contributed by atoms with E-state index in [2.05, 4.69) is 26.6 Å². The predicted octanol–water partition coefficient (Wildman–Crippen LogP) is 4.10. The molecule has 0 unspecified atom stereocenters. The van der Waals surface area contributed by atoms with Gasteiger partial charge >= 0.3 is 5.97 Å². The Kier molecular flexibility index (Phi) is 7.99. The van der Waals surface area contributed by atoms with E-state index in [9.17, 15) is 19.5 Å². The average Bonchev–Trinajstić information content (AvgIpc) is 2.67. The smallest absolute Gasteiger partial charge is 0.326 e. The van der Waals surface area contributed by atoms with Crippen LogP contribution in [-0.4, -0.2) is 28.9 Å². The number of hydrogen-bond donors (Lipinski definition) is 3. The molecule has 0 radical (unpaired) electrons. The molecule has 0 aliphatic rings. The first-order valence-electron chi connectivity index (χ1n) is 8.75. The lowest BCUT2D eigenvalue weighted by atomic mass is 10.0. The number of halogens is 2. The van der Waals surface area contributed by atoms with Crippen molar-refractivity contribution in [3.05, 3.63) is 74.9 Å². The fraction of sp³-hybridized carbons (Fsp3) is 0.190. The topological polar surface area (TPSA) is 95.5 Å². The Morgan fingerprint density at radius 2 is 1.62 bits per heavy atom. The zero-order valence-corrected chi connectivity index (χ0v) is 18.1. The van der Waals surface area contributed by atoms with Crippen molar-refractivity contribution >= 4 is 51.4 Å². The van der Waals surface area contributed by atoms with Crippen LogP contribution in [0.25, 0.3) is 6.08 Å². The van der Waals surface area contributed by atoms with Crippen LogP contribution in [0.5, 0.6) is 0 Å². The van der Waals surface area contributed by atoms with Crippen LogP contribution in [0, 0.1) is 5.92 Å². The van der Waals surface area contributed by atoms with Crippen LogP contribution in [0.4, 0.5) is 0 Å². The molecule has 2 aromatic carbocycles. The van der Waals surface area contributed by atoms with Crippen molar-refractivity contribution < 1.29 is 19.5 Å². The standard InChI is InChI=1S/C21H20BrClN2O4/c1-12(2)18(21(28)29)25-20(27)17(11-13-3-9-16(23)10-4-13)24-19(26)14-5-7-15(22)8-6-14/h3-12,18H,1-2H3,(H,24,26)(H,25,27)(H,28,29)/b17-11-/t18-/m0/s1. The number of amides is 2. The number of aliphatic carboxylic acids is 1. The van der Waals surface area contributed by atoms with Gasteiger partial charge in [0, 0.05) is 15.1 Å². The molecule has 152 valence electrons. The number of rotatable bonds is 7. The van der Waals surface area contributed by atoms with Gasteiger partial charge in [-0.05, 0) is 54.0 Å². The molecule has 29 heavy (non-hydrogen) atoms. The lowest BCUT2D eigenvalue weighted by Crippen LogP contribution is -2.47. The van der Waals surface area contributed by atoms with Crippen molar-refractivity contribution in [3.63, 3.8) is 0 Å². The van der Waals surface area contributed by atoms with Crippen LogP contribution in [0.2, 0.25) is 5.02 Å². The first kappa shape index (κ1) is 22.6. The molecule has 0 fully saturated rings. The van der Waals surface area contributed by atoms with Crippen LogP contribution >= 0.6 is 27.5 Å². The second-order valence-electron chi connectivity index (χ2n) is 6.60. The molecule has 0 aliphatic carbocycles. The van der Waals surface area contributed by atoms with E-state index < -0.39 is 23.8 Å². The molecule has 8 heteroatoms. The molecule has 6 nitrogen and oxygen atoms in total. The van der Waals surface area contributed by atoms with Crippen molar-refractivity contribution in [2.24, 2.45) is 5.92 Å². The molecule has 1 atom stereocenters. The van der Waals surface area contributed by atoms with E-state index in [-0.39, 0.29) is 11.6 Å². The maximum atomic E-state index is 12.8. The Morgan fingerprint density at radius 1 is 1.03 bits per heavy atom. The molecule has 2 rings (SSSR count). The van der Waals surface area contributed by atoms with Crippen LogP contribution in [0.15, 0.2) is 58.7 Å². The second kappa shape index (κ2) is 10.2. The van der Waals surface area contributed by atoms with Gasteiger partial charge in [-0.2, -0.15) is 0 Å². The van der Waals surface area contributed by atoms with E-state index in [1.807, 2.05) is 0 Å². The van der Waals surface area contributed by atoms with Gasteiger partial charge < -0.3 is 15.7 Å². The molecule has 0 saturated heterocycles. The van der Waals surface area contributed by atoms with Gasteiger partial charge in [-0.25, -0.2) is 4.79 Å². The van der Waals surface area contributed by atoms with E-state index in [0.717, 1.165) is 4.47 Å². The highest BCUT2D eigenvalue weighted by molar-refractivity contribution is 9.10. The van der Waals surface area contributed by atoms with Crippen LogP contribution in [0.1, 0.15) is 29.8 Å². The Hall–Kier alpha value is -2.64. The monoisotopic (exact) mass is 478 g/mol. The van der Waals surface area contributed by atoms with Crippen LogP contribution in [0.3, 0.4) is 0 Å². The molecule has 0 bridgehead atoms. The lowest BCUT2D eigenvalue weighted by molar-refractivity contribution is -0.142. The number of carbonyl (C=O) groups is 3.